The van der Waals surface area contributed by atoms with E-state index in [4.69, 9.17) is 11.6 Å². The summed E-state index contributed by atoms with van der Waals surface area (Å²) in [6.07, 6.45) is 1.86. The zero-order valence-corrected chi connectivity index (χ0v) is 12.6. The van der Waals surface area contributed by atoms with Crippen molar-refractivity contribution in [3.8, 4) is 0 Å². The van der Waals surface area contributed by atoms with Crippen molar-refractivity contribution in [3.63, 3.8) is 0 Å². The van der Waals surface area contributed by atoms with E-state index in [9.17, 15) is 4.79 Å². The summed E-state index contributed by atoms with van der Waals surface area (Å²) in [5.74, 6) is -0.293. The van der Waals surface area contributed by atoms with E-state index >= 15 is 0 Å². The topological polar surface area (TPSA) is 29.5 Å². The van der Waals surface area contributed by atoms with Crippen LogP contribution in [-0.2, 0) is 9.53 Å². The minimum absolute atomic E-state index is 0.176. The lowest BCUT2D eigenvalue weighted by Crippen LogP contribution is -2.23. The molecule has 0 heterocycles. The van der Waals surface area contributed by atoms with Crippen LogP contribution in [0.2, 0.25) is 5.02 Å². The Bertz CT molecular complexity index is 471. The third-order valence-corrected chi connectivity index (χ3v) is 3.55. The van der Waals surface area contributed by atoms with Gasteiger partial charge in [0.25, 0.3) is 0 Å². The summed E-state index contributed by atoms with van der Waals surface area (Å²) in [6, 6.07) is 7.97. The summed E-state index contributed by atoms with van der Waals surface area (Å²) in [5.41, 5.74) is 1.69. The largest absolute Gasteiger partial charge is 0.466 e. The van der Waals surface area contributed by atoms with Crippen LogP contribution in [0.1, 0.15) is 25.5 Å². The second kappa shape index (κ2) is 7.31. The number of methoxy groups -OCH3 is 1. The van der Waals surface area contributed by atoms with Gasteiger partial charge >= 0.3 is 5.97 Å². The first kappa shape index (κ1) is 15.7. The van der Waals surface area contributed by atoms with Crippen molar-refractivity contribution < 1.29 is 9.53 Å². The van der Waals surface area contributed by atoms with E-state index in [2.05, 4.69) is 16.6 Å². The number of rotatable bonds is 5. The quantitative estimate of drug-likeness (QED) is 0.611. The van der Waals surface area contributed by atoms with E-state index in [0.29, 0.717) is 12.1 Å². The van der Waals surface area contributed by atoms with Gasteiger partial charge < -0.3 is 4.74 Å². The second-order valence-electron chi connectivity index (χ2n) is 4.52. The molecule has 0 bridgehead atoms. The van der Waals surface area contributed by atoms with Crippen molar-refractivity contribution in [3.05, 3.63) is 46.5 Å². The van der Waals surface area contributed by atoms with Crippen LogP contribution in [0, 0.1) is 0 Å². The number of nitrogens with zero attached hydrogens (tertiary/aromatic N) is 1. The van der Waals surface area contributed by atoms with E-state index in [0.717, 1.165) is 10.6 Å². The number of hydrogen-bond acceptors (Lipinski definition) is 3. The molecule has 0 N–H and O–H groups in total. The van der Waals surface area contributed by atoms with Crippen LogP contribution < -0.4 is 0 Å². The molecule has 1 aromatic carbocycles. The Morgan fingerprint density at radius 1 is 1.47 bits per heavy atom. The maximum atomic E-state index is 11.3. The predicted octanol–water partition coefficient (Wildman–Crippen LogP) is 3.45. The van der Waals surface area contributed by atoms with Crippen molar-refractivity contribution >= 4 is 17.6 Å². The van der Waals surface area contributed by atoms with Crippen molar-refractivity contribution in [2.75, 3.05) is 20.7 Å². The summed E-state index contributed by atoms with van der Waals surface area (Å²) < 4.78 is 4.66. The standard InChI is InChI=1S/C15H20ClNO2/c1-11(15(18)19-4)9-10-17(3)12(2)13-7-5-6-8-14(13)16/h5-9,12H,10H2,1-4H3. The number of likely N-dealkylation sites (N-methyl/N-ethyl adjacent to an activating group) is 1. The predicted molar refractivity (Wildman–Crippen MR) is 78.3 cm³/mol. The normalized spacial score (nSPS) is 13.5. The molecule has 3 nitrogen and oxygen atoms in total. The van der Waals surface area contributed by atoms with E-state index in [1.165, 1.54) is 7.11 Å². The fraction of sp³-hybridized carbons (Fsp3) is 0.400. The van der Waals surface area contributed by atoms with Gasteiger partial charge in [0.15, 0.2) is 0 Å². The van der Waals surface area contributed by atoms with Gasteiger partial charge in [0.1, 0.15) is 0 Å². The SMILES string of the molecule is COC(=O)C(C)=CCN(C)C(C)c1ccccc1Cl. The molecule has 104 valence electrons. The number of benzene rings is 1. The summed E-state index contributed by atoms with van der Waals surface area (Å²) in [7, 11) is 3.38. The highest BCUT2D eigenvalue weighted by atomic mass is 35.5. The first-order chi connectivity index (χ1) is 8.97. The summed E-state index contributed by atoms with van der Waals surface area (Å²) >= 11 is 6.18. The molecule has 1 rings (SSSR count). The number of esters is 1. The molecule has 1 atom stereocenters. The third-order valence-electron chi connectivity index (χ3n) is 3.21. The molecule has 0 spiro atoms. The highest BCUT2D eigenvalue weighted by Gasteiger charge is 2.13. The lowest BCUT2D eigenvalue weighted by molar-refractivity contribution is -0.136. The molecular weight excluding hydrogens is 262 g/mol. The first-order valence-corrected chi connectivity index (χ1v) is 6.55. The van der Waals surface area contributed by atoms with E-state index in [1.807, 2.05) is 37.4 Å². The Hall–Kier alpha value is -1.32. The van der Waals surface area contributed by atoms with Crippen LogP contribution in [0.5, 0.6) is 0 Å². The van der Waals surface area contributed by atoms with Gasteiger partial charge in [0.05, 0.1) is 7.11 Å². The van der Waals surface area contributed by atoms with Gasteiger partial charge in [-0.15, -0.1) is 0 Å². The van der Waals surface area contributed by atoms with Crippen LogP contribution in [0.3, 0.4) is 0 Å². The molecule has 19 heavy (non-hydrogen) atoms. The highest BCUT2D eigenvalue weighted by Crippen LogP contribution is 2.25. The van der Waals surface area contributed by atoms with Crippen molar-refractivity contribution in [1.82, 2.24) is 4.90 Å². The molecule has 0 aliphatic carbocycles. The monoisotopic (exact) mass is 281 g/mol. The molecule has 0 fully saturated rings. The number of ether oxygens (including phenoxy) is 1. The molecule has 0 amide bonds. The molecule has 4 heteroatoms. The van der Waals surface area contributed by atoms with Gasteiger partial charge in [-0.2, -0.15) is 0 Å². The number of halogens is 1. The van der Waals surface area contributed by atoms with Gasteiger partial charge in [-0.1, -0.05) is 35.9 Å². The summed E-state index contributed by atoms with van der Waals surface area (Å²) in [6.45, 7) is 4.50. The zero-order valence-electron chi connectivity index (χ0n) is 11.8. The molecule has 0 radical (unpaired) electrons. The average molecular weight is 282 g/mol. The molecule has 1 unspecified atom stereocenters. The third kappa shape index (κ3) is 4.37. The Morgan fingerprint density at radius 2 is 2.11 bits per heavy atom. The van der Waals surface area contributed by atoms with Crippen molar-refractivity contribution in [1.29, 1.82) is 0 Å². The molecule has 1 aromatic rings. The lowest BCUT2D eigenvalue weighted by Gasteiger charge is -2.24. The number of hydrogen-bond donors (Lipinski definition) is 0. The molecular formula is C15H20ClNO2. The van der Waals surface area contributed by atoms with Crippen molar-refractivity contribution in [2.45, 2.75) is 19.9 Å². The van der Waals surface area contributed by atoms with Crippen LogP contribution in [0.4, 0.5) is 0 Å². The van der Waals surface area contributed by atoms with Gasteiger partial charge in [0.2, 0.25) is 0 Å². The van der Waals surface area contributed by atoms with Crippen molar-refractivity contribution in [2.24, 2.45) is 0 Å². The Labute approximate surface area is 119 Å². The van der Waals surface area contributed by atoms with Crippen LogP contribution in [-0.4, -0.2) is 31.6 Å². The fourth-order valence-electron chi connectivity index (χ4n) is 1.73. The Balaban J connectivity index is 2.71. The van der Waals surface area contributed by atoms with Gasteiger partial charge in [-0.25, -0.2) is 4.79 Å². The first-order valence-electron chi connectivity index (χ1n) is 6.17. The van der Waals surface area contributed by atoms with Gasteiger partial charge in [-0.3, -0.25) is 4.90 Å². The van der Waals surface area contributed by atoms with E-state index < -0.39 is 0 Å². The Kier molecular flexibility index (Phi) is 6.06. The fourth-order valence-corrected chi connectivity index (χ4v) is 2.03. The minimum Gasteiger partial charge on any atom is -0.466 e. The zero-order chi connectivity index (χ0) is 14.4. The summed E-state index contributed by atoms with van der Waals surface area (Å²) in [5, 5.41) is 0.760. The van der Waals surface area contributed by atoms with Gasteiger partial charge in [0, 0.05) is 23.2 Å². The van der Waals surface area contributed by atoms with E-state index in [-0.39, 0.29) is 12.0 Å². The van der Waals surface area contributed by atoms with Crippen LogP contribution in [0.15, 0.2) is 35.9 Å². The summed E-state index contributed by atoms with van der Waals surface area (Å²) in [4.78, 5) is 13.4. The minimum atomic E-state index is -0.293. The van der Waals surface area contributed by atoms with E-state index in [1.54, 1.807) is 6.92 Å². The highest BCUT2D eigenvalue weighted by molar-refractivity contribution is 6.31. The van der Waals surface area contributed by atoms with Crippen LogP contribution >= 0.6 is 11.6 Å². The Morgan fingerprint density at radius 3 is 2.68 bits per heavy atom. The smallest absolute Gasteiger partial charge is 0.333 e. The number of carbonyl (C=O) groups excluding carboxylic acids is 1. The maximum Gasteiger partial charge on any atom is 0.333 e. The molecule has 0 aromatic heterocycles. The average Bonchev–Trinajstić information content (AvgIpc) is 2.43. The second-order valence-corrected chi connectivity index (χ2v) is 4.92. The molecule has 0 aliphatic rings. The molecule has 0 saturated heterocycles. The number of carbonyl (C=O) groups is 1. The molecule has 0 aliphatic heterocycles. The lowest BCUT2D eigenvalue weighted by atomic mass is 10.1. The van der Waals surface area contributed by atoms with Crippen LogP contribution in [0.25, 0.3) is 0 Å². The van der Waals surface area contributed by atoms with Gasteiger partial charge in [-0.05, 0) is 32.5 Å². The maximum absolute atomic E-state index is 11.3. The molecule has 0 saturated carbocycles.